The summed E-state index contributed by atoms with van der Waals surface area (Å²) in [5.41, 5.74) is 6.76. The number of aromatic nitrogens is 3. The van der Waals surface area contributed by atoms with Gasteiger partial charge in [0.15, 0.2) is 5.82 Å². The normalized spacial score (nSPS) is 10.9. The van der Waals surface area contributed by atoms with Crippen LogP contribution in [0.1, 0.15) is 19.7 Å². The van der Waals surface area contributed by atoms with E-state index in [4.69, 9.17) is 5.73 Å². The molecule has 0 fully saturated rings. The first-order valence-electron chi connectivity index (χ1n) is 7.01. The van der Waals surface area contributed by atoms with Crippen molar-refractivity contribution in [1.29, 1.82) is 0 Å². The first-order valence-corrected chi connectivity index (χ1v) is 7.01. The number of hydrogen-bond donors (Lipinski definition) is 1. The van der Waals surface area contributed by atoms with E-state index in [9.17, 15) is 0 Å². The molecular weight excluding hydrogens is 250 g/mol. The molecule has 0 saturated carbocycles. The summed E-state index contributed by atoms with van der Waals surface area (Å²) < 4.78 is 0. The second kappa shape index (κ2) is 6.96. The zero-order valence-electron chi connectivity index (χ0n) is 12.1. The van der Waals surface area contributed by atoms with Gasteiger partial charge in [-0.3, -0.25) is 0 Å². The summed E-state index contributed by atoms with van der Waals surface area (Å²) in [6, 6.07) is 9.84. The summed E-state index contributed by atoms with van der Waals surface area (Å²) in [4.78, 5) is 15.3. The van der Waals surface area contributed by atoms with Gasteiger partial charge in [-0.25, -0.2) is 4.98 Å². The smallest absolute Gasteiger partial charge is 0.223 e. The molecule has 0 bridgehead atoms. The average Bonchev–Trinajstić information content (AvgIpc) is 2.49. The Morgan fingerprint density at radius 3 is 2.35 bits per heavy atom. The zero-order valence-corrected chi connectivity index (χ0v) is 12.1. The highest BCUT2D eigenvalue weighted by molar-refractivity contribution is 5.55. The Bertz CT molecular complexity index is 537. The van der Waals surface area contributed by atoms with E-state index in [1.807, 2.05) is 30.3 Å². The first-order chi connectivity index (χ1) is 9.72. The SMILES string of the molecule is CCN(CC)CCc1nc(N)nc(-c2ccccc2)n1. The second-order valence-corrected chi connectivity index (χ2v) is 4.58. The van der Waals surface area contributed by atoms with Crippen LogP contribution in [0.3, 0.4) is 0 Å². The predicted octanol–water partition coefficient (Wildman–Crippen LogP) is 2.01. The topological polar surface area (TPSA) is 67.9 Å². The third kappa shape index (κ3) is 3.74. The number of rotatable bonds is 6. The molecule has 0 aliphatic heterocycles. The number of benzene rings is 1. The molecule has 5 heteroatoms. The number of hydrogen-bond acceptors (Lipinski definition) is 5. The maximum Gasteiger partial charge on any atom is 0.223 e. The van der Waals surface area contributed by atoms with Gasteiger partial charge in [0.2, 0.25) is 5.95 Å². The molecule has 0 atom stereocenters. The standard InChI is InChI=1S/C15H21N5/c1-3-20(4-2)11-10-13-17-14(19-15(16)18-13)12-8-6-5-7-9-12/h5-9H,3-4,10-11H2,1-2H3,(H2,16,17,18,19). The van der Waals surface area contributed by atoms with Crippen molar-refractivity contribution in [3.05, 3.63) is 36.2 Å². The van der Waals surface area contributed by atoms with E-state index in [0.29, 0.717) is 5.82 Å². The average molecular weight is 271 g/mol. The largest absolute Gasteiger partial charge is 0.368 e. The van der Waals surface area contributed by atoms with E-state index in [1.165, 1.54) is 0 Å². The number of likely N-dealkylation sites (N-methyl/N-ethyl adjacent to an activating group) is 1. The summed E-state index contributed by atoms with van der Waals surface area (Å²) in [6.45, 7) is 7.30. The Balaban J connectivity index is 2.17. The van der Waals surface area contributed by atoms with Crippen molar-refractivity contribution in [2.24, 2.45) is 0 Å². The molecule has 0 unspecified atom stereocenters. The third-order valence-corrected chi connectivity index (χ3v) is 3.28. The highest BCUT2D eigenvalue weighted by Crippen LogP contribution is 2.14. The minimum atomic E-state index is 0.286. The molecule has 1 heterocycles. The lowest BCUT2D eigenvalue weighted by atomic mass is 10.2. The van der Waals surface area contributed by atoms with E-state index in [1.54, 1.807) is 0 Å². The van der Waals surface area contributed by atoms with Crippen molar-refractivity contribution < 1.29 is 0 Å². The van der Waals surface area contributed by atoms with Crippen molar-refractivity contribution in [2.45, 2.75) is 20.3 Å². The van der Waals surface area contributed by atoms with Crippen LogP contribution in [0.2, 0.25) is 0 Å². The van der Waals surface area contributed by atoms with E-state index >= 15 is 0 Å². The van der Waals surface area contributed by atoms with Gasteiger partial charge in [-0.15, -0.1) is 0 Å². The Morgan fingerprint density at radius 1 is 1.00 bits per heavy atom. The molecule has 2 aromatic rings. The summed E-state index contributed by atoms with van der Waals surface area (Å²) in [5.74, 6) is 1.68. The zero-order chi connectivity index (χ0) is 14.4. The Morgan fingerprint density at radius 2 is 1.70 bits per heavy atom. The number of anilines is 1. The van der Waals surface area contributed by atoms with Crippen LogP contribution in [0.15, 0.2) is 30.3 Å². The maximum atomic E-state index is 5.79. The van der Waals surface area contributed by atoms with Crippen LogP contribution < -0.4 is 5.73 Å². The lowest BCUT2D eigenvalue weighted by Crippen LogP contribution is -2.26. The van der Waals surface area contributed by atoms with Crippen LogP contribution in [0.25, 0.3) is 11.4 Å². The molecule has 5 nitrogen and oxygen atoms in total. The highest BCUT2D eigenvalue weighted by Gasteiger charge is 2.08. The van der Waals surface area contributed by atoms with Crippen LogP contribution in [0, 0.1) is 0 Å². The molecule has 0 amide bonds. The molecule has 0 aliphatic rings. The molecule has 20 heavy (non-hydrogen) atoms. The van der Waals surface area contributed by atoms with Gasteiger partial charge in [0, 0.05) is 18.5 Å². The summed E-state index contributed by atoms with van der Waals surface area (Å²) in [6.07, 6.45) is 0.786. The van der Waals surface area contributed by atoms with Crippen LogP contribution in [0.5, 0.6) is 0 Å². The number of nitrogen functional groups attached to an aromatic ring is 1. The highest BCUT2D eigenvalue weighted by atomic mass is 15.1. The summed E-state index contributed by atoms with van der Waals surface area (Å²) in [7, 11) is 0. The predicted molar refractivity (Wildman–Crippen MR) is 81.2 cm³/mol. The van der Waals surface area contributed by atoms with Gasteiger partial charge in [0.1, 0.15) is 5.82 Å². The van der Waals surface area contributed by atoms with Gasteiger partial charge in [-0.05, 0) is 13.1 Å². The summed E-state index contributed by atoms with van der Waals surface area (Å²) in [5, 5.41) is 0. The minimum absolute atomic E-state index is 0.286. The van der Waals surface area contributed by atoms with Gasteiger partial charge in [-0.2, -0.15) is 9.97 Å². The third-order valence-electron chi connectivity index (χ3n) is 3.28. The molecular formula is C15H21N5. The van der Waals surface area contributed by atoms with Crippen molar-refractivity contribution in [3.63, 3.8) is 0 Å². The summed E-state index contributed by atoms with van der Waals surface area (Å²) >= 11 is 0. The van der Waals surface area contributed by atoms with Gasteiger partial charge in [0.25, 0.3) is 0 Å². The Hall–Kier alpha value is -2.01. The van der Waals surface area contributed by atoms with Crippen molar-refractivity contribution in [2.75, 3.05) is 25.4 Å². The molecule has 0 spiro atoms. The quantitative estimate of drug-likeness (QED) is 0.870. The van der Waals surface area contributed by atoms with Gasteiger partial charge < -0.3 is 10.6 Å². The minimum Gasteiger partial charge on any atom is -0.368 e. The number of nitrogens with two attached hydrogens (primary N) is 1. The molecule has 1 aromatic heterocycles. The second-order valence-electron chi connectivity index (χ2n) is 4.58. The monoisotopic (exact) mass is 271 g/mol. The molecule has 0 saturated heterocycles. The molecule has 2 rings (SSSR count). The molecule has 0 radical (unpaired) electrons. The van der Waals surface area contributed by atoms with Crippen molar-refractivity contribution in [3.8, 4) is 11.4 Å². The van der Waals surface area contributed by atoms with Gasteiger partial charge in [0.05, 0.1) is 0 Å². The van der Waals surface area contributed by atoms with Crippen molar-refractivity contribution >= 4 is 5.95 Å². The number of nitrogens with zero attached hydrogens (tertiary/aromatic N) is 4. The van der Waals surface area contributed by atoms with Crippen molar-refractivity contribution in [1.82, 2.24) is 19.9 Å². The van der Waals surface area contributed by atoms with Crippen LogP contribution in [0.4, 0.5) is 5.95 Å². The molecule has 106 valence electrons. The lowest BCUT2D eigenvalue weighted by Gasteiger charge is -2.17. The van der Waals surface area contributed by atoms with E-state index < -0.39 is 0 Å². The Labute approximate surface area is 119 Å². The fraction of sp³-hybridized carbons (Fsp3) is 0.400. The van der Waals surface area contributed by atoms with Crippen LogP contribution in [-0.2, 0) is 6.42 Å². The molecule has 0 aliphatic carbocycles. The lowest BCUT2D eigenvalue weighted by molar-refractivity contribution is 0.305. The fourth-order valence-electron chi connectivity index (χ4n) is 2.06. The van der Waals surface area contributed by atoms with E-state index in [2.05, 4.69) is 33.7 Å². The molecule has 2 N–H and O–H groups in total. The first kappa shape index (κ1) is 14.4. The molecule has 1 aromatic carbocycles. The van der Waals surface area contributed by atoms with Crippen LogP contribution in [-0.4, -0.2) is 39.5 Å². The fourth-order valence-corrected chi connectivity index (χ4v) is 2.06. The maximum absolute atomic E-state index is 5.79. The van der Waals surface area contributed by atoms with Gasteiger partial charge >= 0.3 is 0 Å². The Kier molecular flexibility index (Phi) is 5.01. The van der Waals surface area contributed by atoms with E-state index in [0.717, 1.165) is 37.4 Å². The van der Waals surface area contributed by atoms with E-state index in [-0.39, 0.29) is 5.95 Å². The van der Waals surface area contributed by atoms with Crippen LogP contribution >= 0.6 is 0 Å². The van der Waals surface area contributed by atoms with Gasteiger partial charge in [-0.1, -0.05) is 44.2 Å².